The van der Waals surface area contributed by atoms with Crippen LogP contribution in [0, 0.1) is 0 Å². The first kappa shape index (κ1) is 12.2. The number of methoxy groups -OCH3 is 1. The molecule has 0 aromatic carbocycles. The fraction of sp³-hybridized carbons (Fsp3) is 0.700. The predicted octanol–water partition coefficient (Wildman–Crippen LogP) is -0.660. The maximum absolute atomic E-state index is 12.1. The van der Waals surface area contributed by atoms with E-state index in [-0.39, 0.29) is 11.8 Å². The van der Waals surface area contributed by atoms with Crippen LogP contribution in [0.5, 0.6) is 0 Å². The van der Waals surface area contributed by atoms with Crippen LogP contribution in [0.4, 0.5) is 0 Å². The number of carbonyl (C=O) groups is 3. The van der Waals surface area contributed by atoms with Crippen LogP contribution in [-0.4, -0.2) is 53.5 Å². The highest BCUT2D eigenvalue weighted by atomic mass is 32.2. The molecule has 0 radical (unpaired) electrons. The monoisotopic (exact) mass is 258 g/mol. The van der Waals surface area contributed by atoms with Gasteiger partial charge in [-0.1, -0.05) is 0 Å². The van der Waals surface area contributed by atoms with Crippen molar-refractivity contribution in [3.05, 3.63) is 0 Å². The molecular weight excluding hydrogens is 244 g/mol. The molecule has 0 bridgehead atoms. The highest BCUT2D eigenvalue weighted by Crippen LogP contribution is 2.24. The normalized spacial score (nSPS) is 28.1. The van der Waals surface area contributed by atoms with E-state index in [2.05, 4.69) is 10.1 Å². The predicted molar refractivity (Wildman–Crippen MR) is 61.1 cm³/mol. The number of amides is 2. The lowest BCUT2D eigenvalue weighted by molar-refractivity contribution is -0.151. The summed E-state index contributed by atoms with van der Waals surface area (Å²) in [6.07, 6.45) is 0.882. The number of esters is 1. The minimum atomic E-state index is -0.519. The number of thioether (sulfide) groups is 1. The van der Waals surface area contributed by atoms with E-state index in [0.717, 1.165) is 0 Å². The number of hydrogen-bond acceptors (Lipinski definition) is 5. The summed E-state index contributed by atoms with van der Waals surface area (Å²) in [5.41, 5.74) is 0. The number of nitrogens with zero attached hydrogens (tertiary/aromatic N) is 1. The van der Waals surface area contributed by atoms with E-state index in [1.54, 1.807) is 0 Å². The molecule has 2 atom stereocenters. The lowest BCUT2D eigenvalue weighted by atomic mass is 10.2. The summed E-state index contributed by atoms with van der Waals surface area (Å²) >= 11 is 1.51. The van der Waals surface area contributed by atoms with Gasteiger partial charge in [0.1, 0.15) is 12.1 Å². The molecule has 0 aliphatic carbocycles. The highest BCUT2D eigenvalue weighted by molar-refractivity contribution is 7.99. The van der Waals surface area contributed by atoms with Crippen molar-refractivity contribution in [2.45, 2.75) is 24.9 Å². The molecule has 6 nitrogen and oxygen atoms in total. The second-order valence-corrected chi connectivity index (χ2v) is 5.01. The summed E-state index contributed by atoms with van der Waals surface area (Å²) in [4.78, 5) is 36.2. The minimum Gasteiger partial charge on any atom is -0.467 e. The van der Waals surface area contributed by atoms with Crippen LogP contribution < -0.4 is 5.32 Å². The number of rotatable bonds is 2. The molecule has 0 spiro atoms. The molecule has 2 aliphatic rings. The third kappa shape index (κ3) is 2.38. The molecule has 0 aromatic rings. The zero-order chi connectivity index (χ0) is 12.4. The Kier molecular flexibility index (Phi) is 3.56. The van der Waals surface area contributed by atoms with Crippen molar-refractivity contribution in [1.82, 2.24) is 10.2 Å². The maximum atomic E-state index is 12.1. The van der Waals surface area contributed by atoms with Gasteiger partial charge in [0.15, 0.2) is 0 Å². The van der Waals surface area contributed by atoms with E-state index in [4.69, 9.17) is 0 Å². The summed E-state index contributed by atoms with van der Waals surface area (Å²) in [6.45, 7) is 0. The molecule has 0 saturated carbocycles. The van der Waals surface area contributed by atoms with E-state index in [1.165, 1.54) is 23.8 Å². The molecule has 2 aliphatic heterocycles. The van der Waals surface area contributed by atoms with Gasteiger partial charge in [-0.2, -0.15) is 0 Å². The number of carbonyl (C=O) groups excluding carboxylic acids is 3. The first-order chi connectivity index (χ1) is 8.13. The molecule has 94 valence electrons. The lowest BCUT2D eigenvalue weighted by Crippen LogP contribution is -2.49. The smallest absolute Gasteiger partial charge is 0.329 e. The Hall–Kier alpha value is -1.24. The van der Waals surface area contributed by atoms with Gasteiger partial charge in [-0.15, -0.1) is 11.8 Å². The molecule has 7 heteroatoms. The van der Waals surface area contributed by atoms with Crippen molar-refractivity contribution in [3.8, 4) is 0 Å². The van der Waals surface area contributed by atoms with Crippen molar-refractivity contribution in [3.63, 3.8) is 0 Å². The Morgan fingerprint density at radius 2 is 2.29 bits per heavy atom. The van der Waals surface area contributed by atoms with Gasteiger partial charge in [0.2, 0.25) is 11.8 Å². The Balaban J connectivity index is 2.03. The molecule has 2 fully saturated rings. The fourth-order valence-electron chi connectivity index (χ4n) is 1.99. The van der Waals surface area contributed by atoms with Gasteiger partial charge < -0.3 is 15.0 Å². The van der Waals surface area contributed by atoms with E-state index < -0.39 is 18.1 Å². The van der Waals surface area contributed by atoms with Crippen LogP contribution in [0.2, 0.25) is 0 Å². The highest BCUT2D eigenvalue weighted by Gasteiger charge is 2.40. The molecule has 2 rings (SSSR count). The van der Waals surface area contributed by atoms with Gasteiger partial charge in [0, 0.05) is 12.2 Å². The van der Waals surface area contributed by atoms with E-state index in [1.807, 2.05) is 0 Å². The summed E-state index contributed by atoms with van der Waals surface area (Å²) in [7, 11) is 1.31. The molecule has 2 saturated heterocycles. The van der Waals surface area contributed by atoms with Crippen LogP contribution in [-0.2, 0) is 19.1 Å². The summed E-state index contributed by atoms with van der Waals surface area (Å²) in [6, 6.07) is -0.997. The SMILES string of the molecule is COC(=O)[C@@H]1CSCN1C(=O)[C@@H]1CCC(=O)N1. The van der Waals surface area contributed by atoms with E-state index in [0.29, 0.717) is 24.5 Å². The van der Waals surface area contributed by atoms with Crippen LogP contribution in [0.25, 0.3) is 0 Å². The molecule has 17 heavy (non-hydrogen) atoms. The molecule has 0 aromatic heterocycles. The van der Waals surface area contributed by atoms with Gasteiger partial charge in [0.05, 0.1) is 13.0 Å². The van der Waals surface area contributed by atoms with Gasteiger partial charge in [-0.05, 0) is 6.42 Å². The van der Waals surface area contributed by atoms with Crippen LogP contribution in [0.15, 0.2) is 0 Å². The largest absolute Gasteiger partial charge is 0.467 e. The summed E-state index contributed by atoms with van der Waals surface area (Å²) in [5.74, 6) is 0.345. The zero-order valence-corrected chi connectivity index (χ0v) is 10.3. The van der Waals surface area contributed by atoms with Crippen LogP contribution >= 0.6 is 11.8 Å². The van der Waals surface area contributed by atoms with Crippen molar-refractivity contribution < 1.29 is 19.1 Å². The first-order valence-electron chi connectivity index (χ1n) is 5.39. The molecule has 1 N–H and O–H groups in total. The van der Waals surface area contributed by atoms with E-state index >= 15 is 0 Å². The quantitative estimate of drug-likeness (QED) is 0.665. The van der Waals surface area contributed by atoms with Gasteiger partial charge in [-0.25, -0.2) is 4.79 Å². The van der Waals surface area contributed by atoms with Crippen molar-refractivity contribution >= 4 is 29.5 Å². The van der Waals surface area contributed by atoms with Crippen LogP contribution in [0.3, 0.4) is 0 Å². The third-order valence-corrected chi connectivity index (χ3v) is 3.94. The third-order valence-electron chi connectivity index (χ3n) is 2.93. The first-order valence-corrected chi connectivity index (χ1v) is 6.54. The molecule has 2 heterocycles. The fourth-order valence-corrected chi connectivity index (χ4v) is 3.14. The average Bonchev–Trinajstić information content (AvgIpc) is 2.95. The van der Waals surface area contributed by atoms with Crippen LogP contribution in [0.1, 0.15) is 12.8 Å². The minimum absolute atomic E-state index is 0.107. The average molecular weight is 258 g/mol. The van der Waals surface area contributed by atoms with Crippen molar-refractivity contribution in [2.75, 3.05) is 18.7 Å². The summed E-state index contributed by atoms with van der Waals surface area (Å²) in [5, 5.41) is 2.62. The number of ether oxygens (including phenoxy) is 1. The van der Waals surface area contributed by atoms with Crippen molar-refractivity contribution in [2.24, 2.45) is 0 Å². The van der Waals surface area contributed by atoms with E-state index in [9.17, 15) is 14.4 Å². The Bertz CT molecular complexity index is 360. The molecule has 2 amide bonds. The Morgan fingerprint density at radius 1 is 1.53 bits per heavy atom. The number of nitrogens with one attached hydrogen (secondary N) is 1. The van der Waals surface area contributed by atoms with Gasteiger partial charge in [0.25, 0.3) is 0 Å². The molecular formula is C10H14N2O4S. The topological polar surface area (TPSA) is 75.7 Å². The second-order valence-electron chi connectivity index (χ2n) is 4.01. The standard InChI is InChI=1S/C10H14N2O4S/c1-16-10(15)7-4-17-5-12(7)9(14)6-2-3-8(13)11-6/h6-7H,2-5H2,1H3,(H,11,13)/t6-,7-/m0/s1. The Labute approximate surface area is 103 Å². The van der Waals surface area contributed by atoms with Gasteiger partial charge >= 0.3 is 5.97 Å². The second kappa shape index (κ2) is 4.95. The summed E-state index contributed by atoms with van der Waals surface area (Å²) < 4.78 is 4.66. The zero-order valence-electron chi connectivity index (χ0n) is 9.47. The van der Waals surface area contributed by atoms with Gasteiger partial charge in [-0.3, -0.25) is 9.59 Å². The Morgan fingerprint density at radius 3 is 2.88 bits per heavy atom. The van der Waals surface area contributed by atoms with Crippen molar-refractivity contribution in [1.29, 1.82) is 0 Å². The molecule has 0 unspecified atom stereocenters. The number of hydrogen-bond donors (Lipinski definition) is 1. The lowest BCUT2D eigenvalue weighted by Gasteiger charge is -2.24. The maximum Gasteiger partial charge on any atom is 0.329 e.